The van der Waals surface area contributed by atoms with Gasteiger partial charge >= 0.3 is 0 Å². The summed E-state index contributed by atoms with van der Waals surface area (Å²) in [7, 11) is 1.55. The number of rotatable bonds is 2. The predicted octanol–water partition coefficient (Wildman–Crippen LogP) is 3.37. The van der Waals surface area contributed by atoms with Gasteiger partial charge in [-0.1, -0.05) is 18.2 Å². The molecule has 0 aliphatic heterocycles. The molecule has 17 heavy (non-hydrogen) atoms. The molecule has 0 aliphatic rings. The fraction of sp³-hybridized carbons (Fsp3) is 0.0714. The van der Waals surface area contributed by atoms with Crippen molar-refractivity contribution in [2.24, 2.45) is 0 Å². The van der Waals surface area contributed by atoms with Crippen LogP contribution in [0.4, 0.5) is 4.39 Å². The van der Waals surface area contributed by atoms with E-state index in [1.807, 2.05) is 12.1 Å². The average molecular weight is 227 g/mol. The molecule has 2 aromatic carbocycles. The Bertz CT molecular complexity index is 587. The molecule has 2 aromatic rings. The Morgan fingerprint density at radius 1 is 1.12 bits per heavy atom. The normalized spacial score (nSPS) is 9.71. The van der Waals surface area contributed by atoms with Crippen LogP contribution in [0.3, 0.4) is 0 Å². The molecule has 0 saturated carbocycles. The summed E-state index contributed by atoms with van der Waals surface area (Å²) in [5.74, 6) is 0.250. The molecule has 0 bridgehead atoms. The highest BCUT2D eigenvalue weighted by Gasteiger charge is 2.10. The molecule has 0 aromatic heterocycles. The van der Waals surface area contributed by atoms with Gasteiger partial charge in [-0.2, -0.15) is 5.26 Å². The van der Waals surface area contributed by atoms with Crippen LogP contribution in [0.15, 0.2) is 42.5 Å². The third-order valence-corrected chi connectivity index (χ3v) is 2.50. The van der Waals surface area contributed by atoms with Crippen molar-refractivity contribution < 1.29 is 9.13 Å². The summed E-state index contributed by atoms with van der Waals surface area (Å²) in [6, 6.07) is 13.4. The minimum absolute atomic E-state index is 0.370. The lowest BCUT2D eigenvalue weighted by atomic mass is 9.99. The molecule has 0 saturated heterocycles. The maximum Gasteiger partial charge on any atom is 0.126 e. The first-order valence-electron chi connectivity index (χ1n) is 5.09. The summed E-state index contributed by atoms with van der Waals surface area (Å²) in [6.45, 7) is 0. The number of methoxy groups -OCH3 is 1. The molecular formula is C14H10FNO. The molecule has 0 radical (unpaired) electrons. The van der Waals surface area contributed by atoms with Crippen molar-refractivity contribution in [2.75, 3.05) is 7.11 Å². The largest absolute Gasteiger partial charge is 0.496 e. The maximum atomic E-state index is 13.3. The van der Waals surface area contributed by atoms with Crippen molar-refractivity contribution in [3.63, 3.8) is 0 Å². The van der Waals surface area contributed by atoms with E-state index in [1.54, 1.807) is 19.2 Å². The quantitative estimate of drug-likeness (QED) is 0.788. The first-order chi connectivity index (χ1) is 8.26. The number of nitrogens with zero attached hydrogens (tertiary/aromatic N) is 1. The number of nitriles is 1. The van der Waals surface area contributed by atoms with Crippen LogP contribution < -0.4 is 4.74 Å². The zero-order chi connectivity index (χ0) is 12.3. The van der Waals surface area contributed by atoms with Crippen LogP contribution in [-0.4, -0.2) is 7.11 Å². The van der Waals surface area contributed by atoms with E-state index in [0.29, 0.717) is 22.4 Å². The van der Waals surface area contributed by atoms with E-state index >= 15 is 0 Å². The zero-order valence-electron chi connectivity index (χ0n) is 9.27. The Morgan fingerprint density at radius 3 is 2.59 bits per heavy atom. The number of halogens is 1. The maximum absolute atomic E-state index is 13.3. The lowest BCUT2D eigenvalue weighted by molar-refractivity contribution is 0.416. The highest BCUT2D eigenvalue weighted by atomic mass is 19.1. The van der Waals surface area contributed by atoms with Gasteiger partial charge in [0.1, 0.15) is 11.6 Å². The molecule has 0 heterocycles. The molecule has 2 rings (SSSR count). The highest BCUT2D eigenvalue weighted by Crippen LogP contribution is 2.32. The van der Waals surface area contributed by atoms with E-state index in [4.69, 9.17) is 10.00 Å². The molecule has 0 atom stereocenters. The second kappa shape index (κ2) is 4.67. The highest BCUT2D eigenvalue weighted by molar-refractivity contribution is 5.75. The fourth-order valence-electron chi connectivity index (χ4n) is 1.70. The lowest BCUT2D eigenvalue weighted by Gasteiger charge is -2.09. The van der Waals surface area contributed by atoms with Gasteiger partial charge in [-0.3, -0.25) is 0 Å². The van der Waals surface area contributed by atoms with Crippen LogP contribution >= 0.6 is 0 Å². The second-order valence-corrected chi connectivity index (χ2v) is 3.50. The summed E-state index contributed by atoms with van der Waals surface area (Å²) < 4.78 is 18.5. The van der Waals surface area contributed by atoms with Crippen LogP contribution in [-0.2, 0) is 0 Å². The van der Waals surface area contributed by atoms with Crippen molar-refractivity contribution in [3.8, 4) is 22.9 Å². The molecule has 3 heteroatoms. The molecular weight excluding hydrogens is 217 g/mol. The number of para-hydroxylation sites is 1. The summed E-state index contributed by atoms with van der Waals surface area (Å²) in [4.78, 5) is 0. The van der Waals surface area contributed by atoms with Crippen LogP contribution in [0, 0.1) is 17.1 Å². The minimum Gasteiger partial charge on any atom is -0.496 e. The van der Waals surface area contributed by atoms with Gasteiger partial charge in [-0.15, -0.1) is 0 Å². The van der Waals surface area contributed by atoms with Crippen molar-refractivity contribution in [1.82, 2.24) is 0 Å². The average Bonchev–Trinajstić information content (AvgIpc) is 2.38. The molecule has 0 unspecified atom stereocenters. The van der Waals surface area contributed by atoms with Gasteiger partial charge < -0.3 is 4.74 Å². The van der Waals surface area contributed by atoms with E-state index in [0.717, 1.165) is 0 Å². The Morgan fingerprint density at radius 2 is 1.88 bits per heavy atom. The first kappa shape index (κ1) is 11.2. The summed E-state index contributed by atoms with van der Waals surface area (Å²) in [5.41, 5.74) is 1.69. The monoisotopic (exact) mass is 227 g/mol. The molecule has 0 aliphatic carbocycles. The molecule has 0 amide bonds. The van der Waals surface area contributed by atoms with Gasteiger partial charge in [-0.25, -0.2) is 4.39 Å². The molecule has 0 spiro atoms. The summed E-state index contributed by atoms with van der Waals surface area (Å²) in [5, 5.41) is 9.02. The number of hydrogen-bond acceptors (Lipinski definition) is 2. The first-order valence-corrected chi connectivity index (χ1v) is 5.09. The van der Waals surface area contributed by atoms with Gasteiger partial charge in [0.2, 0.25) is 0 Å². The van der Waals surface area contributed by atoms with Crippen LogP contribution in [0.1, 0.15) is 5.56 Å². The van der Waals surface area contributed by atoms with Gasteiger partial charge in [0.05, 0.1) is 18.7 Å². The van der Waals surface area contributed by atoms with E-state index in [2.05, 4.69) is 6.07 Å². The number of hydrogen-bond donors (Lipinski definition) is 0. The molecule has 84 valence electrons. The van der Waals surface area contributed by atoms with Crippen molar-refractivity contribution in [3.05, 3.63) is 53.8 Å². The third kappa shape index (κ3) is 2.11. The van der Waals surface area contributed by atoms with E-state index in [9.17, 15) is 4.39 Å². The van der Waals surface area contributed by atoms with E-state index in [-0.39, 0.29) is 5.82 Å². The summed E-state index contributed by atoms with van der Waals surface area (Å²) >= 11 is 0. The second-order valence-electron chi connectivity index (χ2n) is 3.50. The van der Waals surface area contributed by atoms with Crippen molar-refractivity contribution >= 4 is 0 Å². The van der Waals surface area contributed by atoms with Crippen molar-refractivity contribution in [2.45, 2.75) is 0 Å². The van der Waals surface area contributed by atoms with Crippen LogP contribution in [0.2, 0.25) is 0 Å². The van der Waals surface area contributed by atoms with E-state index in [1.165, 1.54) is 18.2 Å². The topological polar surface area (TPSA) is 33.0 Å². The summed E-state index contributed by atoms with van der Waals surface area (Å²) in [6.07, 6.45) is 0. The van der Waals surface area contributed by atoms with Crippen LogP contribution in [0.5, 0.6) is 5.75 Å². The van der Waals surface area contributed by atoms with Gasteiger partial charge in [0, 0.05) is 11.1 Å². The van der Waals surface area contributed by atoms with Crippen LogP contribution in [0.25, 0.3) is 11.1 Å². The number of benzene rings is 2. The Kier molecular flexibility index (Phi) is 3.06. The standard InChI is InChI=1S/C14H10FNO/c1-17-14-5-3-2-4-12(14)13-8-11(15)7-6-10(13)9-16/h2-8H,1H3. The Balaban J connectivity index is 2.68. The van der Waals surface area contributed by atoms with Crippen molar-refractivity contribution in [1.29, 1.82) is 5.26 Å². The van der Waals surface area contributed by atoms with Gasteiger partial charge in [0.15, 0.2) is 0 Å². The zero-order valence-corrected chi connectivity index (χ0v) is 9.27. The smallest absolute Gasteiger partial charge is 0.126 e. The minimum atomic E-state index is -0.370. The fourth-order valence-corrected chi connectivity index (χ4v) is 1.70. The Hall–Kier alpha value is -2.34. The predicted molar refractivity (Wildman–Crippen MR) is 63.1 cm³/mol. The SMILES string of the molecule is COc1ccccc1-c1cc(F)ccc1C#N. The molecule has 0 N–H and O–H groups in total. The lowest BCUT2D eigenvalue weighted by Crippen LogP contribution is -1.91. The third-order valence-electron chi connectivity index (χ3n) is 2.50. The van der Waals surface area contributed by atoms with Gasteiger partial charge in [0.25, 0.3) is 0 Å². The van der Waals surface area contributed by atoms with Gasteiger partial charge in [-0.05, 0) is 24.3 Å². The van der Waals surface area contributed by atoms with E-state index < -0.39 is 0 Å². The molecule has 2 nitrogen and oxygen atoms in total. The molecule has 0 fully saturated rings. The Labute approximate surface area is 98.9 Å². The number of ether oxygens (including phenoxy) is 1.